The molecule has 114 valence electrons. The fraction of sp³-hybridized carbons (Fsp3) is 0.846. The Morgan fingerprint density at radius 3 is 2.65 bits per heavy atom. The number of ether oxygens (including phenoxy) is 2. The zero-order valence-electron chi connectivity index (χ0n) is 11.7. The Morgan fingerprint density at radius 1 is 1.35 bits per heavy atom. The predicted octanol–water partition coefficient (Wildman–Crippen LogP) is 0.297. The Hall–Kier alpha value is -1.34. The van der Waals surface area contributed by atoms with E-state index in [-0.39, 0.29) is 24.1 Å². The van der Waals surface area contributed by atoms with Crippen LogP contribution in [-0.2, 0) is 14.3 Å². The lowest BCUT2D eigenvalue weighted by Crippen LogP contribution is -2.51. The number of aliphatic carboxylic acids is 1. The van der Waals surface area contributed by atoms with E-state index >= 15 is 0 Å². The van der Waals surface area contributed by atoms with E-state index in [0.29, 0.717) is 45.8 Å². The van der Waals surface area contributed by atoms with Gasteiger partial charge in [-0.05, 0) is 19.8 Å². The van der Waals surface area contributed by atoms with Gasteiger partial charge < -0.3 is 24.8 Å². The van der Waals surface area contributed by atoms with Crippen LogP contribution in [0.25, 0.3) is 0 Å². The van der Waals surface area contributed by atoms with Crippen molar-refractivity contribution in [3.8, 4) is 0 Å². The lowest BCUT2D eigenvalue weighted by Gasteiger charge is -2.31. The van der Waals surface area contributed by atoms with Crippen LogP contribution in [0.4, 0.5) is 4.79 Å². The first-order chi connectivity index (χ1) is 9.61. The van der Waals surface area contributed by atoms with Gasteiger partial charge in [0.05, 0.1) is 25.2 Å². The second-order valence-electron chi connectivity index (χ2n) is 5.19. The molecule has 2 aliphatic heterocycles. The molecule has 0 bridgehead atoms. The zero-order valence-corrected chi connectivity index (χ0v) is 11.7. The van der Waals surface area contributed by atoms with Gasteiger partial charge in [0.15, 0.2) is 0 Å². The predicted molar refractivity (Wildman–Crippen MR) is 70.5 cm³/mol. The Bertz CT molecular complexity index is 355. The molecule has 0 aromatic carbocycles. The van der Waals surface area contributed by atoms with Crippen LogP contribution >= 0.6 is 0 Å². The molecule has 0 aliphatic carbocycles. The largest absolute Gasteiger partial charge is 0.481 e. The van der Waals surface area contributed by atoms with Gasteiger partial charge in [-0.15, -0.1) is 0 Å². The maximum Gasteiger partial charge on any atom is 0.317 e. The standard InChI is InChI=1S/C13H22N2O5/c1-2-20-11-8-19-7-10(11)14-13(18)15-5-3-9(4-6-15)12(16)17/h9-11H,2-8H2,1H3,(H,14,18)(H,16,17)/t10-,11-/m1/s1. The molecule has 0 unspecified atom stereocenters. The molecule has 2 heterocycles. The van der Waals surface area contributed by atoms with Crippen molar-refractivity contribution in [1.29, 1.82) is 0 Å². The van der Waals surface area contributed by atoms with Gasteiger partial charge in [-0.3, -0.25) is 4.79 Å². The number of piperidine rings is 1. The number of carbonyl (C=O) groups excluding carboxylic acids is 1. The minimum absolute atomic E-state index is 0.0968. The molecule has 0 aromatic heterocycles. The van der Waals surface area contributed by atoms with E-state index in [0.717, 1.165) is 0 Å². The van der Waals surface area contributed by atoms with Crippen LogP contribution in [-0.4, -0.2) is 67.1 Å². The normalized spacial score (nSPS) is 27.6. The molecule has 2 fully saturated rings. The molecule has 0 saturated carbocycles. The topological polar surface area (TPSA) is 88.1 Å². The van der Waals surface area contributed by atoms with E-state index in [9.17, 15) is 9.59 Å². The van der Waals surface area contributed by atoms with Gasteiger partial charge >= 0.3 is 12.0 Å². The van der Waals surface area contributed by atoms with Crippen molar-refractivity contribution < 1.29 is 24.2 Å². The number of likely N-dealkylation sites (tertiary alicyclic amines) is 1. The average Bonchev–Trinajstić information content (AvgIpc) is 2.86. The highest BCUT2D eigenvalue weighted by molar-refractivity contribution is 5.75. The zero-order chi connectivity index (χ0) is 14.5. The summed E-state index contributed by atoms with van der Waals surface area (Å²) in [6, 6.07) is -0.284. The highest BCUT2D eigenvalue weighted by atomic mass is 16.5. The summed E-state index contributed by atoms with van der Waals surface area (Å²) in [5, 5.41) is 11.9. The van der Waals surface area contributed by atoms with E-state index in [1.807, 2.05) is 6.92 Å². The Balaban J connectivity index is 1.79. The van der Waals surface area contributed by atoms with E-state index in [1.54, 1.807) is 4.90 Å². The van der Waals surface area contributed by atoms with Gasteiger partial charge in [0.25, 0.3) is 0 Å². The number of carboxylic acids is 1. The third-order valence-electron chi connectivity index (χ3n) is 3.85. The third kappa shape index (κ3) is 3.61. The lowest BCUT2D eigenvalue weighted by molar-refractivity contribution is -0.143. The number of urea groups is 1. The van der Waals surface area contributed by atoms with Crippen molar-refractivity contribution in [3.63, 3.8) is 0 Å². The van der Waals surface area contributed by atoms with Crippen molar-refractivity contribution in [2.75, 3.05) is 32.9 Å². The second kappa shape index (κ2) is 6.90. The first-order valence-corrected chi connectivity index (χ1v) is 7.09. The fourth-order valence-corrected chi connectivity index (χ4v) is 2.63. The number of hydrogen-bond donors (Lipinski definition) is 2. The average molecular weight is 286 g/mol. The summed E-state index contributed by atoms with van der Waals surface area (Å²) in [6.45, 7) is 4.42. The fourth-order valence-electron chi connectivity index (χ4n) is 2.63. The number of nitrogens with zero attached hydrogens (tertiary/aromatic N) is 1. The first-order valence-electron chi connectivity index (χ1n) is 7.09. The summed E-state index contributed by atoms with van der Waals surface area (Å²) in [6.07, 6.45) is 0.929. The molecule has 2 aliphatic rings. The maximum absolute atomic E-state index is 12.1. The Kier molecular flexibility index (Phi) is 5.19. The van der Waals surface area contributed by atoms with Crippen LogP contribution in [0, 0.1) is 5.92 Å². The van der Waals surface area contributed by atoms with Gasteiger partial charge in [-0.25, -0.2) is 4.79 Å². The molecular weight excluding hydrogens is 264 g/mol. The molecule has 2 N–H and O–H groups in total. The summed E-state index contributed by atoms with van der Waals surface area (Å²) in [5.74, 6) is -1.10. The number of carboxylic acid groups (broad SMARTS) is 1. The van der Waals surface area contributed by atoms with Crippen LogP contribution < -0.4 is 5.32 Å². The van der Waals surface area contributed by atoms with E-state index < -0.39 is 5.97 Å². The van der Waals surface area contributed by atoms with Gasteiger partial charge in [0, 0.05) is 19.7 Å². The monoisotopic (exact) mass is 286 g/mol. The minimum Gasteiger partial charge on any atom is -0.481 e. The number of hydrogen-bond acceptors (Lipinski definition) is 4. The van der Waals surface area contributed by atoms with Gasteiger partial charge in [-0.1, -0.05) is 0 Å². The Morgan fingerprint density at radius 2 is 2.05 bits per heavy atom. The van der Waals surface area contributed by atoms with Crippen molar-refractivity contribution in [2.24, 2.45) is 5.92 Å². The summed E-state index contributed by atoms with van der Waals surface area (Å²) in [7, 11) is 0. The van der Waals surface area contributed by atoms with Crippen molar-refractivity contribution in [1.82, 2.24) is 10.2 Å². The lowest BCUT2D eigenvalue weighted by atomic mass is 9.97. The van der Waals surface area contributed by atoms with E-state index in [2.05, 4.69) is 5.32 Å². The van der Waals surface area contributed by atoms with Crippen LogP contribution in [0.2, 0.25) is 0 Å². The molecular formula is C13H22N2O5. The van der Waals surface area contributed by atoms with Gasteiger partial charge in [-0.2, -0.15) is 0 Å². The third-order valence-corrected chi connectivity index (χ3v) is 3.85. The SMILES string of the molecule is CCO[C@@H]1COC[C@H]1NC(=O)N1CCC(C(=O)O)CC1. The summed E-state index contributed by atoms with van der Waals surface area (Å²) in [5.41, 5.74) is 0. The molecule has 20 heavy (non-hydrogen) atoms. The quantitative estimate of drug-likeness (QED) is 0.776. The number of rotatable bonds is 4. The van der Waals surface area contributed by atoms with E-state index in [1.165, 1.54) is 0 Å². The number of carbonyl (C=O) groups is 2. The minimum atomic E-state index is -0.773. The number of amides is 2. The molecule has 2 amide bonds. The van der Waals surface area contributed by atoms with Crippen LogP contribution in [0.3, 0.4) is 0 Å². The molecule has 2 atom stereocenters. The van der Waals surface area contributed by atoms with E-state index in [4.69, 9.17) is 14.6 Å². The van der Waals surface area contributed by atoms with Crippen LogP contribution in [0.1, 0.15) is 19.8 Å². The number of nitrogens with one attached hydrogen (secondary N) is 1. The van der Waals surface area contributed by atoms with Gasteiger partial charge in [0.1, 0.15) is 6.10 Å². The molecule has 7 nitrogen and oxygen atoms in total. The molecule has 0 aromatic rings. The molecule has 0 spiro atoms. The van der Waals surface area contributed by atoms with Crippen LogP contribution in [0.15, 0.2) is 0 Å². The van der Waals surface area contributed by atoms with Crippen molar-refractivity contribution >= 4 is 12.0 Å². The molecule has 7 heteroatoms. The maximum atomic E-state index is 12.1. The first kappa shape index (κ1) is 15.1. The summed E-state index contributed by atoms with van der Waals surface area (Å²) >= 11 is 0. The van der Waals surface area contributed by atoms with Crippen molar-refractivity contribution in [3.05, 3.63) is 0 Å². The summed E-state index contributed by atoms with van der Waals surface area (Å²) in [4.78, 5) is 24.7. The summed E-state index contributed by atoms with van der Waals surface area (Å²) < 4.78 is 10.8. The van der Waals surface area contributed by atoms with Crippen LogP contribution in [0.5, 0.6) is 0 Å². The molecule has 0 radical (unpaired) electrons. The molecule has 2 saturated heterocycles. The smallest absolute Gasteiger partial charge is 0.317 e. The second-order valence-corrected chi connectivity index (χ2v) is 5.19. The molecule has 2 rings (SSSR count). The van der Waals surface area contributed by atoms with Gasteiger partial charge in [0.2, 0.25) is 0 Å². The van der Waals surface area contributed by atoms with Crippen molar-refractivity contribution in [2.45, 2.75) is 31.9 Å². The highest BCUT2D eigenvalue weighted by Gasteiger charge is 2.33. The Labute approximate surface area is 118 Å². The highest BCUT2D eigenvalue weighted by Crippen LogP contribution is 2.18.